The predicted octanol–water partition coefficient (Wildman–Crippen LogP) is 3.59. The predicted molar refractivity (Wildman–Crippen MR) is 74.4 cm³/mol. The minimum Gasteiger partial charge on any atom is -0.481 e. The van der Waals surface area contributed by atoms with Crippen LogP contribution in [0.1, 0.15) is 32.3 Å². The SMILES string of the molecule is CC(C)N(CCCC(=O)O)Cc1csc(Br)c1. The number of hydrogen-bond acceptors (Lipinski definition) is 3. The Balaban J connectivity index is 2.46. The Morgan fingerprint density at radius 2 is 2.29 bits per heavy atom. The summed E-state index contributed by atoms with van der Waals surface area (Å²) in [5.41, 5.74) is 1.28. The highest BCUT2D eigenvalue weighted by atomic mass is 79.9. The monoisotopic (exact) mass is 319 g/mol. The summed E-state index contributed by atoms with van der Waals surface area (Å²) in [7, 11) is 0. The average molecular weight is 320 g/mol. The van der Waals surface area contributed by atoms with Crippen molar-refractivity contribution >= 4 is 33.2 Å². The van der Waals surface area contributed by atoms with E-state index < -0.39 is 5.97 Å². The second-order valence-electron chi connectivity index (χ2n) is 4.32. The van der Waals surface area contributed by atoms with Crippen LogP contribution < -0.4 is 0 Å². The molecule has 1 heterocycles. The maximum atomic E-state index is 10.5. The topological polar surface area (TPSA) is 40.5 Å². The van der Waals surface area contributed by atoms with Gasteiger partial charge in [-0.25, -0.2) is 0 Å². The summed E-state index contributed by atoms with van der Waals surface area (Å²) < 4.78 is 1.14. The summed E-state index contributed by atoms with van der Waals surface area (Å²) in [4.78, 5) is 12.8. The maximum absolute atomic E-state index is 10.5. The van der Waals surface area contributed by atoms with Crippen molar-refractivity contribution in [3.63, 3.8) is 0 Å². The van der Waals surface area contributed by atoms with Crippen LogP contribution in [0.5, 0.6) is 0 Å². The van der Waals surface area contributed by atoms with Crippen LogP contribution in [-0.2, 0) is 11.3 Å². The van der Waals surface area contributed by atoms with E-state index in [9.17, 15) is 4.79 Å². The van der Waals surface area contributed by atoms with Crippen LogP contribution in [0.3, 0.4) is 0 Å². The van der Waals surface area contributed by atoms with Crippen molar-refractivity contribution in [3.05, 3.63) is 20.8 Å². The van der Waals surface area contributed by atoms with Gasteiger partial charge in [0.25, 0.3) is 0 Å². The van der Waals surface area contributed by atoms with E-state index in [1.165, 1.54) is 5.56 Å². The smallest absolute Gasteiger partial charge is 0.303 e. The molecular formula is C12H18BrNO2S. The maximum Gasteiger partial charge on any atom is 0.303 e. The zero-order chi connectivity index (χ0) is 12.8. The number of thiophene rings is 1. The third-order valence-electron chi connectivity index (χ3n) is 2.57. The Morgan fingerprint density at radius 1 is 1.59 bits per heavy atom. The number of carboxylic acids is 1. The number of hydrogen-bond donors (Lipinski definition) is 1. The first-order chi connectivity index (χ1) is 7.99. The molecule has 0 aliphatic carbocycles. The van der Waals surface area contributed by atoms with Gasteiger partial charge < -0.3 is 5.11 Å². The summed E-state index contributed by atoms with van der Waals surface area (Å²) >= 11 is 5.14. The summed E-state index contributed by atoms with van der Waals surface area (Å²) in [6.07, 6.45) is 0.954. The van der Waals surface area contributed by atoms with Gasteiger partial charge in [-0.2, -0.15) is 0 Å². The fourth-order valence-electron chi connectivity index (χ4n) is 1.62. The summed E-state index contributed by atoms with van der Waals surface area (Å²) in [6, 6.07) is 2.56. The summed E-state index contributed by atoms with van der Waals surface area (Å²) in [5, 5.41) is 10.8. The molecule has 0 aromatic carbocycles. The fraction of sp³-hybridized carbons (Fsp3) is 0.583. The lowest BCUT2D eigenvalue weighted by molar-refractivity contribution is -0.137. The number of nitrogens with zero attached hydrogens (tertiary/aromatic N) is 1. The van der Waals surface area contributed by atoms with E-state index in [1.807, 2.05) is 0 Å². The van der Waals surface area contributed by atoms with Gasteiger partial charge in [-0.05, 0) is 59.8 Å². The highest BCUT2D eigenvalue weighted by Crippen LogP contribution is 2.22. The Kier molecular flexibility index (Phi) is 6.16. The number of rotatable bonds is 7. The summed E-state index contributed by atoms with van der Waals surface area (Å²) in [5.74, 6) is -0.716. The molecule has 0 aliphatic heterocycles. The van der Waals surface area contributed by atoms with Gasteiger partial charge in [0.15, 0.2) is 0 Å². The van der Waals surface area contributed by atoms with Crippen molar-refractivity contribution < 1.29 is 9.90 Å². The van der Waals surface area contributed by atoms with Crippen molar-refractivity contribution in [2.45, 2.75) is 39.3 Å². The van der Waals surface area contributed by atoms with Gasteiger partial charge in [0, 0.05) is 19.0 Å². The van der Waals surface area contributed by atoms with Crippen LogP contribution in [0.4, 0.5) is 0 Å². The molecule has 0 spiro atoms. The molecule has 1 rings (SSSR count). The van der Waals surface area contributed by atoms with Crippen LogP contribution in [0.15, 0.2) is 15.2 Å². The van der Waals surface area contributed by atoms with Crippen LogP contribution in [-0.4, -0.2) is 28.6 Å². The normalized spacial score (nSPS) is 11.4. The Morgan fingerprint density at radius 3 is 2.76 bits per heavy atom. The Bertz CT molecular complexity index is 365. The van der Waals surface area contributed by atoms with Gasteiger partial charge in [0.1, 0.15) is 0 Å². The second-order valence-corrected chi connectivity index (χ2v) is 6.61. The third-order valence-corrected chi connectivity index (χ3v) is 4.13. The highest BCUT2D eigenvalue weighted by Gasteiger charge is 2.11. The van der Waals surface area contributed by atoms with Crippen molar-refractivity contribution in [2.75, 3.05) is 6.54 Å². The van der Waals surface area contributed by atoms with E-state index in [2.05, 4.69) is 46.1 Å². The lowest BCUT2D eigenvalue weighted by Gasteiger charge is -2.25. The molecule has 1 N–H and O–H groups in total. The molecular weight excluding hydrogens is 302 g/mol. The van der Waals surface area contributed by atoms with Crippen molar-refractivity contribution in [1.82, 2.24) is 4.90 Å². The molecule has 0 atom stereocenters. The zero-order valence-corrected chi connectivity index (χ0v) is 12.6. The van der Waals surface area contributed by atoms with E-state index in [4.69, 9.17) is 5.11 Å². The van der Waals surface area contributed by atoms with Gasteiger partial charge in [0.05, 0.1) is 3.79 Å². The van der Waals surface area contributed by atoms with E-state index in [-0.39, 0.29) is 6.42 Å². The molecule has 0 radical (unpaired) electrons. The van der Waals surface area contributed by atoms with E-state index in [0.717, 1.165) is 16.9 Å². The number of aliphatic carboxylic acids is 1. The van der Waals surface area contributed by atoms with Gasteiger partial charge in [-0.15, -0.1) is 11.3 Å². The zero-order valence-electron chi connectivity index (χ0n) is 10.1. The summed E-state index contributed by atoms with van der Waals surface area (Å²) in [6.45, 7) is 6.00. The van der Waals surface area contributed by atoms with E-state index >= 15 is 0 Å². The molecule has 0 saturated carbocycles. The van der Waals surface area contributed by atoms with Crippen LogP contribution in [0.25, 0.3) is 0 Å². The van der Waals surface area contributed by atoms with Crippen molar-refractivity contribution in [3.8, 4) is 0 Å². The first kappa shape index (κ1) is 14.7. The van der Waals surface area contributed by atoms with Crippen LogP contribution in [0, 0.1) is 0 Å². The number of carbonyl (C=O) groups is 1. The van der Waals surface area contributed by atoms with E-state index in [1.54, 1.807) is 11.3 Å². The van der Waals surface area contributed by atoms with Crippen LogP contribution >= 0.6 is 27.3 Å². The molecule has 0 unspecified atom stereocenters. The minimum atomic E-state index is -0.716. The van der Waals surface area contributed by atoms with Gasteiger partial charge in [-0.3, -0.25) is 9.69 Å². The fourth-order valence-corrected chi connectivity index (χ4v) is 2.82. The molecule has 1 aromatic rings. The lowest BCUT2D eigenvalue weighted by atomic mass is 10.2. The molecule has 3 nitrogen and oxygen atoms in total. The van der Waals surface area contributed by atoms with Gasteiger partial charge in [-0.1, -0.05) is 0 Å². The molecule has 1 aromatic heterocycles. The molecule has 0 amide bonds. The Hall–Kier alpha value is -0.390. The highest BCUT2D eigenvalue weighted by molar-refractivity contribution is 9.11. The molecule has 17 heavy (non-hydrogen) atoms. The van der Waals surface area contributed by atoms with Crippen molar-refractivity contribution in [2.24, 2.45) is 0 Å². The lowest BCUT2D eigenvalue weighted by Crippen LogP contribution is -2.31. The first-order valence-electron chi connectivity index (χ1n) is 5.68. The molecule has 0 aliphatic rings. The minimum absolute atomic E-state index is 0.247. The average Bonchev–Trinajstić information content (AvgIpc) is 2.62. The van der Waals surface area contributed by atoms with Crippen molar-refractivity contribution in [1.29, 1.82) is 0 Å². The van der Waals surface area contributed by atoms with Gasteiger partial charge >= 0.3 is 5.97 Å². The number of halogens is 1. The third kappa shape index (κ3) is 5.66. The largest absolute Gasteiger partial charge is 0.481 e. The van der Waals surface area contributed by atoms with E-state index in [0.29, 0.717) is 12.5 Å². The molecule has 5 heteroatoms. The number of carboxylic acid groups (broad SMARTS) is 1. The second kappa shape index (κ2) is 7.13. The quantitative estimate of drug-likeness (QED) is 0.835. The van der Waals surface area contributed by atoms with Gasteiger partial charge in [0.2, 0.25) is 0 Å². The standard InChI is InChI=1S/C12H18BrNO2S/c1-9(2)14(5-3-4-12(15)16)7-10-6-11(13)17-8-10/h6,8-9H,3-5,7H2,1-2H3,(H,15,16). The van der Waals surface area contributed by atoms with Crippen LogP contribution in [0.2, 0.25) is 0 Å². The molecule has 0 saturated heterocycles. The molecule has 96 valence electrons. The first-order valence-corrected chi connectivity index (χ1v) is 7.35. The Labute approximate surface area is 115 Å². The molecule has 0 fully saturated rings. The molecule has 0 bridgehead atoms.